The number of Topliss-reactive ketones (excluding diaryl/α,β-unsaturated/α-hetero) is 1. The third-order valence-corrected chi connectivity index (χ3v) is 4.36. The number of carbonyl (C=O) groups excluding carboxylic acids is 2. The number of hydrogen-bond donors (Lipinski definition) is 0. The zero-order valence-corrected chi connectivity index (χ0v) is 17.8. The molecule has 5 heteroatoms. The summed E-state index contributed by atoms with van der Waals surface area (Å²) in [5.74, 6) is 1.17. The fourth-order valence-electron chi connectivity index (χ4n) is 3.07. The summed E-state index contributed by atoms with van der Waals surface area (Å²) in [7, 11) is 0. The molecule has 1 aliphatic heterocycles. The normalized spacial score (nSPS) is 17.7. The fourth-order valence-corrected chi connectivity index (χ4v) is 3.07. The molecule has 0 saturated heterocycles. The van der Waals surface area contributed by atoms with Crippen molar-refractivity contribution in [1.29, 1.82) is 0 Å². The Labute approximate surface area is 166 Å². The van der Waals surface area contributed by atoms with Gasteiger partial charge < -0.3 is 14.3 Å². The minimum Gasteiger partial charge on any atom is -0.538 e. The number of benzene rings is 1. The molecule has 2 aliphatic rings. The van der Waals surface area contributed by atoms with Crippen molar-refractivity contribution in [3.05, 3.63) is 35.4 Å². The molecule has 3 rings (SSSR count). The van der Waals surface area contributed by atoms with Crippen LogP contribution in [-0.2, 0) is 4.79 Å². The summed E-state index contributed by atoms with van der Waals surface area (Å²) >= 11 is 0. The number of rotatable bonds is 6. The Hall–Kier alpha value is -1.05. The van der Waals surface area contributed by atoms with Crippen molar-refractivity contribution in [2.45, 2.75) is 51.0 Å². The molecule has 126 valence electrons. The molecule has 1 aliphatic carbocycles. The van der Waals surface area contributed by atoms with Crippen LogP contribution in [0, 0.1) is 31.1 Å². The van der Waals surface area contributed by atoms with Crippen molar-refractivity contribution in [3.63, 3.8) is 0 Å². The Bertz CT molecular complexity index is 624. The standard InChI is InChI=1S/C19H21O4.U/c20-13-16(7-6-14-4-2-1-3-5-14)23-15-8-9-17-18(21)10-11-22-19(17)12-15;/h4,8-9,12,16H,1-3,5-7,10-11H2;/q-1;. The van der Waals surface area contributed by atoms with Crippen LogP contribution in [0.4, 0.5) is 0 Å². The molecule has 1 aromatic carbocycles. The summed E-state index contributed by atoms with van der Waals surface area (Å²) in [5, 5.41) is 0. The average Bonchev–Trinajstić information content (AvgIpc) is 2.59. The van der Waals surface area contributed by atoms with Crippen LogP contribution in [-0.4, -0.2) is 24.8 Å². The van der Waals surface area contributed by atoms with Gasteiger partial charge in [-0.15, -0.1) is 0 Å². The summed E-state index contributed by atoms with van der Waals surface area (Å²) in [5.41, 5.74) is 2.00. The topological polar surface area (TPSA) is 52.6 Å². The molecule has 0 amide bonds. The minimum atomic E-state index is -0.588. The Balaban J connectivity index is 0.00000208. The van der Waals surface area contributed by atoms with Crippen LogP contribution in [0.5, 0.6) is 11.5 Å². The second kappa shape index (κ2) is 9.44. The van der Waals surface area contributed by atoms with E-state index < -0.39 is 6.10 Å². The molecule has 1 unspecified atom stereocenters. The Kier molecular flexibility index (Phi) is 7.58. The molecule has 0 bridgehead atoms. The van der Waals surface area contributed by atoms with Gasteiger partial charge in [0.15, 0.2) is 5.78 Å². The van der Waals surface area contributed by atoms with Crippen LogP contribution in [0.3, 0.4) is 0 Å². The van der Waals surface area contributed by atoms with Crippen LogP contribution >= 0.6 is 0 Å². The molecule has 1 aromatic rings. The molecule has 24 heavy (non-hydrogen) atoms. The summed E-state index contributed by atoms with van der Waals surface area (Å²) < 4.78 is 11.2. The van der Waals surface area contributed by atoms with Crippen LogP contribution < -0.4 is 9.47 Å². The van der Waals surface area contributed by atoms with E-state index in [0.717, 1.165) is 19.3 Å². The van der Waals surface area contributed by atoms with Crippen LogP contribution in [0.1, 0.15) is 55.3 Å². The number of fused-ring (bicyclic) bond motifs is 1. The van der Waals surface area contributed by atoms with Crippen molar-refractivity contribution < 1.29 is 50.2 Å². The number of carbonyl (C=O) groups is 1. The first-order chi connectivity index (χ1) is 11.3. The number of ether oxygens (including phenoxy) is 2. The van der Waals surface area contributed by atoms with Gasteiger partial charge in [0.25, 0.3) is 0 Å². The van der Waals surface area contributed by atoms with E-state index in [4.69, 9.17) is 9.47 Å². The van der Waals surface area contributed by atoms with Gasteiger partial charge in [-0.3, -0.25) is 4.79 Å². The van der Waals surface area contributed by atoms with Gasteiger partial charge in [0, 0.05) is 49.7 Å². The second-order valence-electron chi connectivity index (χ2n) is 6.05. The first-order valence-electron chi connectivity index (χ1n) is 8.28. The van der Waals surface area contributed by atoms with E-state index in [1.54, 1.807) is 18.2 Å². The minimum absolute atomic E-state index is 0. The zero-order chi connectivity index (χ0) is 16.1. The van der Waals surface area contributed by atoms with Gasteiger partial charge >= 0.3 is 0 Å². The maximum absolute atomic E-state index is 11.8. The molecule has 0 spiro atoms. The molecule has 4 nitrogen and oxygen atoms in total. The van der Waals surface area contributed by atoms with Crippen LogP contribution in [0.2, 0.25) is 0 Å². The molecular weight excluding hydrogens is 530 g/mol. The van der Waals surface area contributed by atoms with Gasteiger partial charge in [-0.1, -0.05) is 11.6 Å². The third-order valence-electron chi connectivity index (χ3n) is 4.36. The van der Waals surface area contributed by atoms with Crippen molar-refractivity contribution in [2.24, 2.45) is 0 Å². The SMILES string of the molecule is O=[C-]C(CCC1=CCCCC1)Oc1ccc2c(c1)OCCC2=O.[U]. The van der Waals surface area contributed by atoms with Gasteiger partial charge in [-0.25, -0.2) is 6.29 Å². The summed E-state index contributed by atoms with van der Waals surface area (Å²) in [6.45, 7) is 0.396. The van der Waals surface area contributed by atoms with Crippen molar-refractivity contribution in [1.82, 2.24) is 0 Å². The van der Waals surface area contributed by atoms with Crippen LogP contribution in [0.15, 0.2) is 29.8 Å². The first kappa shape index (κ1) is 19.3. The summed E-state index contributed by atoms with van der Waals surface area (Å²) in [6.07, 6.45) is 10.3. The van der Waals surface area contributed by atoms with E-state index >= 15 is 0 Å². The van der Waals surface area contributed by atoms with Gasteiger partial charge in [0.05, 0.1) is 12.2 Å². The van der Waals surface area contributed by atoms with Crippen molar-refractivity contribution in [3.8, 4) is 11.5 Å². The Morgan fingerprint density at radius 2 is 2.12 bits per heavy atom. The number of allylic oxidation sites excluding steroid dienone is 2. The average molecular weight is 551 g/mol. The number of ketones is 1. The molecule has 0 radical (unpaired) electrons. The van der Waals surface area contributed by atoms with E-state index in [-0.39, 0.29) is 36.9 Å². The predicted molar refractivity (Wildman–Crippen MR) is 86.8 cm³/mol. The number of hydrogen-bond acceptors (Lipinski definition) is 4. The summed E-state index contributed by atoms with van der Waals surface area (Å²) in [6, 6.07) is 5.12. The second-order valence-corrected chi connectivity index (χ2v) is 6.05. The van der Waals surface area contributed by atoms with E-state index in [2.05, 4.69) is 6.08 Å². The van der Waals surface area contributed by atoms with E-state index in [0.29, 0.717) is 36.5 Å². The van der Waals surface area contributed by atoms with Crippen molar-refractivity contribution in [2.75, 3.05) is 6.61 Å². The Morgan fingerprint density at radius 1 is 1.25 bits per heavy atom. The molecule has 0 N–H and O–H groups in total. The van der Waals surface area contributed by atoms with E-state index in [1.807, 2.05) is 6.29 Å². The quantitative estimate of drug-likeness (QED) is 0.399. The first-order valence-corrected chi connectivity index (χ1v) is 8.28. The molecule has 1 atom stereocenters. The maximum Gasteiger partial charge on any atom is 0.169 e. The molecule has 0 fully saturated rings. The maximum atomic E-state index is 11.8. The fraction of sp³-hybridized carbons (Fsp3) is 0.474. The molecule has 0 saturated carbocycles. The largest absolute Gasteiger partial charge is 0.538 e. The smallest absolute Gasteiger partial charge is 0.169 e. The molecular formula is C19H21O4U-. The molecule has 1 heterocycles. The third kappa shape index (κ3) is 4.97. The monoisotopic (exact) mass is 551 g/mol. The van der Waals surface area contributed by atoms with Gasteiger partial charge in [-0.2, -0.15) is 0 Å². The molecule has 0 aromatic heterocycles. The van der Waals surface area contributed by atoms with Crippen molar-refractivity contribution >= 4 is 12.1 Å². The van der Waals surface area contributed by atoms with Gasteiger partial charge in [0.2, 0.25) is 0 Å². The van der Waals surface area contributed by atoms with E-state index in [9.17, 15) is 9.59 Å². The van der Waals surface area contributed by atoms with E-state index in [1.165, 1.54) is 18.4 Å². The van der Waals surface area contributed by atoms with Gasteiger partial charge in [0.1, 0.15) is 11.5 Å². The van der Waals surface area contributed by atoms with Crippen LogP contribution in [0.25, 0.3) is 0 Å². The Morgan fingerprint density at radius 3 is 2.88 bits per heavy atom. The van der Waals surface area contributed by atoms with Gasteiger partial charge in [-0.05, 0) is 50.7 Å². The predicted octanol–water partition coefficient (Wildman–Crippen LogP) is 3.79. The summed E-state index contributed by atoms with van der Waals surface area (Å²) in [4.78, 5) is 22.9. The zero-order valence-electron chi connectivity index (χ0n) is 13.7.